The van der Waals surface area contributed by atoms with Gasteiger partial charge in [0.1, 0.15) is 0 Å². The number of nitrogens with one attached hydrogen (secondary N) is 2. The van der Waals surface area contributed by atoms with Crippen molar-refractivity contribution in [3.05, 3.63) is 21.9 Å². The number of thiophene rings is 1. The Bertz CT molecular complexity index is 550. The fourth-order valence-corrected chi connectivity index (χ4v) is 4.41. The molecule has 1 aliphatic rings. The molecule has 0 amide bonds. The smallest absolute Gasteiger partial charge is 0.191 e. The quantitative estimate of drug-likeness (QED) is 0.258. The predicted molar refractivity (Wildman–Crippen MR) is 127 cm³/mol. The Hall–Kier alpha value is -0.380. The molecule has 156 valence electrons. The summed E-state index contributed by atoms with van der Waals surface area (Å²) in [7, 11) is 0. The molecular formula is C20H37IN4OS. The number of hydrogen-bond donors (Lipinski definition) is 3. The summed E-state index contributed by atoms with van der Waals surface area (Å²) in [5.41, 5.74) is 1.50. The molecule has 1 unspecified atom stereocenters. The van der Waals surface area contributed by atoms with Crippen LogP contribution in [0.1, 0.15) is 44.1 Å². The molecule has 0 bridgehead atoms. The first kappa shape index (κ1) is 24.7. The van der Waals surface area contributed by atoms with E-state index >= 15 is 0 Å². The Balaban J connectivity index is 0.00000364. The standard InChI is InChI=1S/C20H36N4OS.HI/c1-4-21-20(23-14-17(6-11-25)13-16(2)3)22-8-10-24-9-5-19-18(15-24)7-12-26-19;/h7,12,16-17,25H,4-6,8-11,13-15H2,1-3H3,(H2,21,22,23);1H. The summed E-state index contributed by atoms with van der Waals surface area (Å²) in [5.74, 6) is 1.99. The number of aliphatic hydroxyl groups is 1. The van der Waals surface area contributed by atoms with Gasteiger partial charge in [-0.05, 0) is 55.0 Å². The van der Waals surface area contributed by atoms with Crippen LogP contribution in [0.15, 0.2) is 16.4 Å². The number of nitrogens with zero attached hydrogens (tertiary/aromatic N) is 2. The van der Waals surface area contributed by atoms with Gasteiger partial charge < -0.3 is 15.7 Å². The second kappa shape index (κ2) is 13.7. The van der Waals surface area contributed by atoms with E-state index < -0.39 is 0 Å². The van der Waals surface area contributed by atoms with Gasteiger partial charge in [-0.25, -0.2) is 0 Å². The number of aliphatic hydroxyl groups excluding tert-OH is 1. The van der Waals surface area contributed by atoms with Gasteiger partial charge in [0.05, 0.1) is 0 Å². The summed E-state index contributed by atoms with van der Waals surface area (Å²) in [6, 6.07) is 2.27. The Kier molecular flexibility index (Phi) is 12.5. The second-order valence-electron chi connectivity index (χ2n) is 7.55. The van der Waals surface area contributed by atoms with Crippen molar-refractivity contribution in [1.29, 1.82) is 0 Å². The lowest BCUT2D eigenvalue weighted by atomic mass is 9.94. The lowest BCUT2D eigenvalue weighted by Crippen LogP contribution is -2.42. The van der Waals surface area contributed by atoms with Crippen molar-refractivity contribution < 1.29 is 5.11 Å². The molecule has 0 radical (unpaired) electrons. The van der Waals surface area contributed by atoms with Crippen molar-refractivity contribution in [2.24, 2.45) is 16.8 Å². The Morgan fingerprint density at radius 1 is 1.37 bits per heavy atom. The number of rotatable bonds is 10. The number of fused-ring (bicyclic) bond motifs is 1. The van der Waals surface area contributed by atoms with Crippen LogP contribution in [0, 0.1) is 11.8 Å². The molecule has 1 atom stereocenters. The third kappa shape index (κ3) is 9.11. The maximum atomic E-state index is 9.27. The Labute approximate surface area is 186 Å². The van der Waals surface area contributed by atoms with Crippen LogP contribution < -0.4 is 10.6 Å². The maximum Gasteiger partial charge on any atom is 0.191 e. The summed E-state index contributed by atoms with van der Waals surface area (Å²) < 4.78 is 0. The molecular weight excluding hydrogens is 471 g/mol. The van der Waals surface area contributed by atoms with E-state index in [0.29, 0.717) is 11.8 Å². The van der Waals surface area contributed by atoms with Crippen LogP contribution in [-0.4, -0.2) is 55.3 Å². The third-order valence-electron chi connectivity index (χ3n) is 4.80. The minimum Gasteiger partial charge on any atom is -0.396 e. The number of guanidine groups is 1. The predicted octanol–water partition coefficient (Wildman–Crippen LogP) is 3.32. The summed E-state index contributed by atoms with van der Waals surface area (Å²) in [6.45, 7) is 12.6. The van der Waals surface area contributed by atoms with E-state index in [-0.39, 0.29) is 30.6 Å². The fraction of sp³-hybridized carbons (Fsp3) is 0.750. The van der Waals surface area contributed by atoms with E-state index in [0.717, 1.165) is 58.1 Å². The third-order valence-corrected chi connectivity index (χ3v) is 5.82. The lowest BCUT2D eigenvalue weighted by Gasteiger charge is -2.27. The Morgan fingerprint density at radius 3 is 2.89 bits per heavy atom. The van der Waals surface area contributed by atoms with Crippen LogP contribution in [0.4, 0.5) is 0 Å². The second-order valence-corrected chi connectivity index (χ2v) is 8.55. The van der Waals surface area contributed by atoms with Crippen LogP contribution in [0.5, 0.6) is 0 Å². The first-order chi connectivity index (χ1) is 12.6. The zero-order valence-corrected chi connectivity index (χ0v) is 20.2. The first-order valence-corrected chi connectivity index (χ1v) is 10.9. The lowest BCUT2D eigenvalue weighted by molar-refractivity contribution is 0.245. The average molecular weight is 509 g/mol. The molecule has 0 aliphatic carbocycles. The van der Waals surface area contributed by atoms with Crippen molar-refractivity contribution >= 4 is 41.3 Å². The van der Waals surface area contributed by atoms with Gasteiger partial charge in [0.2, 0.25) is 0 Å². The fourth-order valence-electron chi connectivity index (χ4n) is 3.53. The van der Waals surface area contributed by atoms with Crippen molar-refractivity contribution in [1.82, 2.24) is 15.5 Å². The highest BCUT2D eigenvalue weighted by molar-refractivity contribution is 14.0. The monoisotopic (exact) mass is 508 g/mol. The van der Waals surface area contributed by atoms with Gasteiger partial charge in [0.15, 0.2) is 5.96 Å². The normalized spacial score (nSPS) is 16.0. The molecule has 3 N–H and O–H groups in total. The zero-order chi connectivity index (χ0) is 18.8. The van der Waals surface area contributed by atoms with Crippen LogP contribution in [-0.2, 0) is 13.0 Å². The molecule has 0 fully saturated rings. The highest BCUT2D eigenvalue weighted by Crippen LogP contribution is 2.23. The van der Waals surface area contributed by atoms with Crippen molar-refractivity contribution in [3.8, 4) is 0 Å². The minimum absolute atomic E-state index is 0. The molecule has 27 heavy (non-hydrogen) atoms. The first-order valence-electron chi connectivity index (χ1n) is 10.0. The van der Waals surface area contributed by atoms with Gasteiger partial charge in [-0.15, -0.1) is 35.3 Å². The molecule has 7 heteroatoms. The molecule has 0 saturated heterocycles. The van der Waals surface area contributed by atoms with Crippen LogP contribution in [0.2, 0.25) is 0 Å². The number of halogens is 1. The van der Waals surface area contributed by atoms with Gasteiger partial charge in [0.25, 0.3) is 0 Å². The largest absolute Gasteiger partial charge is 0.396 e. The van der Waals surface area contributed by atoms with E-state index in [1.807, 2.05) is 11.3 Å². The Morgan fingerprint density at radius 2 is 2.19 bits per heavy atom. The van der Waals surface area contributed by atoms with Crippen LogP contribution in [0.25, 0.3) is 0 Å². The zero-order valence-electron chi connectivity index (χ0n) is 17.0. The topological polar surface area (TPSA) is 59.9 Å². The van der Waals surface area contributed by atoms with Crippen LogP contribution in [0.3, 0.4) is 0 Å². The molecule has 2 heterocycles. The van der Waals surface area contributed by atoms with E-state index in [4.69, 9.17) is 4.99 Å². The SMILES string of the molecule is CCNC(=NCC(CCO)CC(C)C)NCCN1CCc2sccc2C1.I. The van der Waals surface area contributed by atoms with Gasteiger partial charge >= 0.3 is 0 Å². The summed E-state index contributed by atoms with van der Waals surface area (Å²) in [5, 5.41) is 18.3. The molecule has 2 rings (SSSR count). The summed E-state index contributed by atoms with van der Waals surface area (Å²) in [4.78, 5) is 8.83. The van der Waals surface area contributed by atoms with Crippen molar-refractivity contribution in [3.63, 3.8) is 0 Å². The number of aliphatic imine (C=N–C) groups is 1. The van der Waals surface area contributed by atoms with Crippen molar-refractivity contribution in [2.75, 3.05) is 39.3 Å². The molecule has 1 aromatic heterocycles. The van der Waals surface area contributed by atoms with Gasteiger partial charge in [-0.1, -0.05) is 13.8 Å². The van der Waals surface area contributed by atoms with Gasteiger partial charge in [-0.2, -0.15) is 0 Å². The van der Waals surface area contributed by atoms with E-state index in [1.54, 1.807) is 4.88 Å². The molecule has 5 nitrogen and oxygen atoms in total. The van der Waals surface area contributed by atoms with Crippen LogP contribution >= 0.6 is 35.3 Å². The van der Waals surface area contributed by atoms with Crippen molar-refractivity contribution in [2.45, 2.75) is 46.6 Å². The minimum atomic E-state index is 0. The molecule has 1 aliphatic heterocycles. The highest BCUT2D eigenvalue weighted by atomic mass is 127. The summed E-state index contributed by atoms with van der Waals surface area (Å²) >= 11 is 1.89. The highest BCUT2D eigenvalue weighted by Gasteiger charge is 2.16. The molecule has 0 spiro atoms. The van der Waals surface area contributed by atoms with E-state index in [2.05, 4.69) is 47.8 Å². The summed E-state index contributed by atoms with van der Waals surface area (Å²) in [6.07, 6.45) is 3.12. The van der Waals surface area contributed by atoms with E-state index in [1.165, 1.54) is 12.0 Å². The van der Waals surface area contributed by atoms with E-state index in [9.17, 15) is 5.11 Å². The molecule has 1 aromatic rings. The molecule has 0 saturated carbocycles. The number of hydrogen-bond acceptors (Lipinski definition) is 4. The molecule has 0 aromatic carbocycles. The van der Waals surface area contributed by atoms with Gasteiger partial charge in [-0.3, -0.25) is 9.89 Å². The maximum absolute atomic E-state index is 9.27. The van der Waals surface area contributed by atoms with Gasteiger partial charge in [0, 0.05) is 50.8 Å². The average Bonchev–Trinajstić information content (AvgIpc) is 3.07.